The molecule has 0 aliphatic heterocycles. The lowest BCUT2D eigenvalue weighted by molar-refractivity contribution is 0.644. The van der Waals surface area contributed by atoms with E-state index in [4.69, 9.17) is 5.73 Å². The Morgan fingerprint density at radius 1 is 1.15 bits per heavy atom. The number of aryl methyl sites for hydroxylation is 2. The number of hydrogen-bond donors (Lipinski definition) is 1. The van der Waals surface area contributed by atoms with E-state index in [0.717, 1.165) is 48.6 Å². The van der Waals surface area contributed by atoms with E-state index in [9.17, 15) is 0 Å². The zero-order chi connectivity index (χ0) is 14.1. The molecule has 20 heavy (non-hydrogen) atoms. The van der Waals surface area contributed by atoms with Crippen molar-refractivity contribution in [2.24, 2.45) is 0 Å². The van der Waals surface area contributed by atoms with Crippen LogP contribution in [0.3, 0.4) is 0 Å². The maximum absolute atomic E-state index is 6.21. The second kappa shape index (κ2) is 5.23. The Kier molecular flexibility index (Phi) is 3.42. The van der Waals surface area contributed by atoms with E-state index in [2.05, 4.69) is 28.9 Å². The fourth-order valence-corrected chi connectivity index (χ4v) is 2.98. The summed E-state index contributed by atoms with van der Waals surface area (Å²) >= 11 is 0. The third-order valence-electron chi connectivity index (χ3n) is 4.07. The first kappa shape index (κ1) is 13.1. The number of hydrogen-bond acceptors (Lipinski definition) is 4. The molecule has 1 aliphatic rings. The summed E-state index contributed by atoms with van der Waals surface area (Å²) in [5, 5.41) is 4.68. The van der Waals surface area contributed by atoms with Gasteiger partial charge in [-0.1, -0.05) is 13.8 Å². The van der Waals surface area contributed by atoms with Crippen molar-refractivity contribution in [1.29, 1.82) is 0 Å². The van der Waals surface area contributed by atoms with Crippen molar-refractivity contribution in [2.45, 2.75) is 52.4 Å². The highest BCUT2D eigenvalue weighted by molar-refractivity contribution is 5.52. The molecule has 2 aromatic heterocycles. The van der Waals surface area contributed by atoms with Crippen molar-refractivity contribution in [2.75, 3.05) is 5.73 Å². The summed E-state index contributed by atoms with van der Waals surface area (Å²) in [5.41, 5.74) is 11.5. The van der Waals surface area contributed by atoms with Gasteiger partial charge in [0.1, 0.15) is 6.33 Å². The summed E-state index contributed by atoms with van der Waals surface area (Å²) in [5.74, 6) is 0.929. The smallest absolute Gasteiger partial charge is 0.160 e. The topological polar surface area (TPSA) is 69.6 Å². The molecule has 0 fully saturated rings. The lowest BCUT2D eigenvalue weighted by Crippen LogP contribution is -2.14. The molecule has 0 spiro atoms. The standard InChI is InChI=1S/C15H21N5/c1-3-11-14(16)13(4-2)20(19-11)15-10-7-5-6-8-12(10)17-9-18-15/h9H,3-8,16H2,1-2H3. The quantitative estimate of drug-likeness (QED) is 0.929. The van der Waals surface area contributed by atoms with Gasteiger partial charge in [-0.3, -0.25) is 0 Å². The van der Waals surface area contributed by atoms with Crippen LogP contribution < -0.4 is 5.73 Å². The Balaban J connectivity index is 2.18. The number of nitrogens with zero attached hydrogens (tertiary/aromatic N) is 4. The summed E-state index contributed by atoms with van der Waals surface area (Å²) in [6.07, 6.45) is 7.86. The molecule has 0 unspecified atom stereocenters. The number of rotatable bonds is 3. The van der Waals surface area contributed by atoms with Gasteiger partial charge < -0.3 is 5.73 Å². The Morgan fingerprint density at radius 2 is 1.95 bits per heavy atom. The highest BCUT2D eigenvalue weighted by Gasteiger charge is 2.21. The third-order valence-corrected chi connectivity index (χ3v) is 4.07. The summed E-state index contributed by atoms with van der Waals surface area (Å²) in [6.45, 7) is 4.19. The molecule has 0 radical (unpaired) electrons. The molecular weight excluding hydrogens is 250 g/mol. The average Bonchev–Trinajstić information content (AvgIpc) is 2.82. The minimum Gasteiger partial charge on any atom is -0.396 e. The molecule has 0 aromatic carbocycles. The van der Waals surface area contributed by atoms with Gasteiger partial charge in [-0.2, -0.15) is 5.10 Å². The maximum Gasteiger partial charge on any atom is 0.160 e. The third kappa shape index (κ3) is 1.97. The van der Waals surface area contributed by atoms with Crippen LogP contribution in [0.2, 0.25) is 0 Å². The van der Waals surface area contributed by atoms with Crippen LogP contribution >= 0.6 is 0 Å². The molecular formula is C15H21N5. The second-order valence-corrected chi connectivity index (χ2v) is 5.26. The molecule has 0 saturated heterocycles. The maximum atomic E-state index is 6.21. The van der Waals surface area contributed by atoms with E-state index >= 15 is 0 Å². The SMILES string of the molecule is CCc1nn(-c2ncnc3c2CCCC3)c(CC)c1N. The van der Waals surface area contributed by atoms with Crippen LogP contribution in [-0.2, 0) is 25.7 Å². The summed E-state index contributed by atoms with van der Waals surface area (Å²) < 4.78 is 1.94. The zero-order valence-electron chi connectivity index (χ0n) is 12.2. The molecule has 5 heteroatoms. The Labute approximate surface area is 119 Å². The van der Waals surface area contributed by atoms with Crippen LogP contribution in [-0.4, -0.2) is 19.7 Å². The first-order valence-electron chi connectivity index (χ1n) is 7.45. The minimum atomic E-state index is 0.818. The number of nitrogen functional groups attached to an aromatic ring is 1. The van der Waals surface area contributed by atoms with Gasteiger partial charge >= 0.3 is 0 Å². The van der Waals surface area contributed by atoms with Gasteiger partial charge in [-0.25, -0.2) is 14.6 Å². The predicted octanol–water partition coefficient (Wildman–Crippen LogP) is 2.25. The van der Waals surface area contributed by atoms with E-state index in [1.54, 1.807) is 6.33 Å². The van der Waals surface area contributed by atoms with Gasteiger partial charge in [0.25, 0.3) is 0 Å². The fourth-order valence-electron chi connectivity index (χ4n) is 2.98. The largest absolute Gasteiger partial charge is 0.396 e. The highest BCUT2D eigenvalue weighted by Crippen LogP contribution is 2.27. The lowest BCUT2D eigenvalue weighted by atomic mass is 9.96. The molecule has 0 amide bonds. The monoisotopic (exact) mass is 271 g/mol. The van der Waals surface area contributed by atoms with Crippen molar-refractivity contribution >= 4 is 5.69 Å². The van der Waals surface area contributed by atoms with Crippen molar-refractivity contribution in [3.63, 3.8) is 0 Å². The average molecular weight is 271 g/mol. The van der Waals surface area contributed by atoms with Crippen LogP contribution in [0, 0.1) is 0 Å². The molecule has 3 rings (SSSR count). The van der Waals surface area contributed by atoms with Crippen LogP contribution in [0.1, 0.15) is 49.3 Å². The fraction of sp³-hybridized carbons (Fsp3) is 0.533. The number of nitrogens with two attached hydrogens (primary N) is 1. The minimum absolute atomic E-state index is 0.818. The van der Waals surface area contributed by atoms with Crippen molar-refractivity contribution in [1.82, 2.24) is 19.7 Å². The zero-order valence-corrected chi connectivity index (χ0v) is 12.2. The van der Waals surface area contributed by atoms with Crippen molar-refractivity contribution in [3.8, 4) is 5.82 Å². The molecule has 1 aliphatic carbocycles. The van der Waals surface area contributed by atoms with E-state index < -0.39 is 0 Å². The first-order chi connectivity index (χ1) is 9.76. The van der Waals surface area contributed by atoms with E-state index in [1.807, 2.05) is 4.68 Å². The number of aromatic nitrogens is 4. The number of fused-ring (bicyclic) bond motifs is 1. The van der Waals surface area contributed by atoms with Gasteiger partial charge in [-0.15, -0.1) is 0 Å². The molecule has 0 bridgehead atoms. The van der Waals surface area contributed by atoms with E-state index in [-0.39, 0.29) is 0 Å². The van der Waals surface area contributed by atoms with Crippen LogP contribution in [0.5, 0.6) is 0 Å². The molecule has 0 saturated carbocycles. The van der Waals surface area contributed by atoms with Crippen molar-refractivity contribution < 1.29 is 0 Å². The summed E-state index contributed by atoms with van der Waals surface area (Å²) in [6, 6.07) is 0. The van der Waals surface area contributed by atoms with Crippen LogP contribution in [0.25, 0.3) is 5.82 Å². The molecule has 2 N–H and O–H groups in total. The Morgan fingerprint density at radius 3 is 2.70 bits per heavy atom. The first-order valence-corrected chi connectivity index (χ1v) is 7.45. The molecule has 2 aromatic rings. The van der Waals surface area contributed by atoms with Gasteiger partial charge in [0.05, 0.1) is 17.1 Å². The Hall–Kier alpha value is -1.91. The molecule has 2 heterocycles. The van der Waals surface area contributed by atoms with E-state index in [0.29, 0.717) is 0 Å². The Bertz CT molecular complexity index is 629. The van der Waals surface area contributed by atoms with Crippen molar-refractivity contribution in [3.05, 3.63) is 29.0 Å². The molecule has 5 nitrogen and oxygen atoms in total. The summed E-state index contributed by atoms with van der Waals surface area (Å²) in [4.78, 5) is 8.92. The second-order valence-electron chi connectivity index (χ2n) is 5.26. The van der Waals surface area contributed by atoms with Gasteiger partial charge in [-0.05, 0) is 38.5 Å². The molecule has 0 atom stereocenters. The van der Waals surface area contributed by atoms with Gasteiger partial charge in [0, 0.05) is 11.3 Å². The van der Waals surface area contributed by atoms with E-state index in [1.165, 1.54) is 24.1 Å². The lowest BCUT2D eigenvalue weighted by Gasteiger charge is -2.18. The highest BCUT2D eigenvalue weighted by atomic mass is 15.3. The molecule has 106 valence electrons. The van der Waals surface area contributed by atoms with Gasteiger partial charge in [0.15, 0.2) is 5.82 Å². The number of anilines is 1. The summed E-state index contributed by atoms with van der Waals surface area (Å²) in [7, 11) is 0. The predicted molar refractivity (Wildman–Crippen MR) is 79.0 cm³/mol. The van der Waals surface area contributed by atoms with Crippen LogP contribution in [0.15, 0.2) is 6.33 Å². The van der Waals surface area contributed by atoms with Gasteiger partial charge in [0.2, 0.25) is 0 Å². The van der Waals surface area contributed by atoms with Crippen LogP contribution in [0.4, 0.5) is 5.69 Å². The normalized spacial score (nSPS) is 14.3.